The molecule has 0 aliphatic heterocycles. The molecular weight excluding hydrogens is 477 g/mol. The number of likely N-dealkylation sites (N-methyl/N-ethyl adjacent to an activating group) is 1. The van der Waals surface area contributed by atoms with Crippen molar-refractivity contribution >= 4 is 23.2 Å². The van der Waals surface area contributed by atoms with Gasteiger partial charge in [0.2, 0.25) is 5.78 Å². The standard InChI is InChI=1S/C22H21F3N2O8/c1-27(2)15-9-6-7-5-8-11(35-22(23,24)25)4-3-10(28)13(8)16(29)12(7)18(31)21(9,34)19(32)14(17(15)30)20(26)33/h3-4,7,9,15,28-29,32,34H,5-6H2,1-2H3,(H2,26,33)/t7-,9-,15-,21-/m0/s1. The maximum absolute atomic E-state index is 13.6. The van der Waals surface area contributed by atoms with Crippen molar-refractivity contribution < 1.29 is 52.7 Å². The van der Waals surface area contributed by atoms with Crippen LogP contribution in [-0.4, -0.2) is 74.9 Å². The summed E-state index contributed by atoms with van der Waals surface area (Å²) in [5, 5.41) is 43.3. The van der Waals surface area contributed by atoms with Crippen LogP contribution in [0.3, 0.4) is 0 Å². The number of phenols is 1. The Balaban J connectivity index is 1.96. The van der Waals surface area contributed by atoms with E-state index in [0.717, 1.165) is 12.1 Å². The predicted octanol–water partition coefficient (Wildman–Crippen LogP) is 0.863. The number of Topliss-reactive ketones (excluding diaryl/α,β-unsaturated/α-hetero) is 2. The second-order valence-corrected chi connectivity index (χ2v) is 8.95. The summed E-state index contributed by atoms with van der Waals surface area (Å²) in [4.78, 5) is 39.8. The number of aromatic hydroxyl groups is 1. The molecule has 35 heavy (non-hydrogen) atoms. The lowest BCUT2D eigenvalue weighted by Gasteiger charge is -2.50. The van der Waals surface area contributed by atoms with Crippen LogP contribution in [0.25, 0.3) is 5.76 Å². The number of fused-ring (bicyclic) bond motifs is 3. The Morgan fingerprint density at radius 1 is 1.20 bits per heavy atom. The van der Waals surface area contributed by atoms with Crippen molar-refractivity contribution in [3.63, 3.8) is 0 Å². The molecule has 1 saturated carbocycles. The Morgan fingerprint density at radius 3 is 2.37 bits per heavy atom. The number of rotatable bonds is 3. The summed E-state index contributed by atoms with van der Waals surface area (Å²) >= 11 is 0. The van der Waals surface area contributed by atoms with E-state index < -0.39 is 87.0 Å². The molecule has 1 aromatic rings. The normalized spacial score (nSPS) is 28.6. The van der Waals surface area contributed by atoms with Gasteiger partial charge in [-0.15, -0.1) is 13.2 Å². The summed E-state index contributed by atoms with van der Waals surface area (Å²) in [7, 11) is 2.86. The van der Waals surface area contributed by atoms with E-state index >= 15 is 0 Å². The molecule has 1 fully saturated rings. The van der Waals surface area contributed by atoms with E-state index in [0.29, 0.717) is 0 Å². The molecule has 0 bridgehead atoms. The minimum atomic E-state index is -5.08. The molecule has 1 amide bonds. The lowest BCUT2D eigenvalue weighted by molar-refractivity contribution is -0.275. The van der Waals surface area contributed by atoms with Crippen LogP contribution < -0.4 is 10.5 Å². The largest absolute Gasteiger partial charge is 0.573 e. The second-order valence-electron chi connectivity index (χ2n) is 8.95. The Labute approximate surface area is 195 Å². The third-order valence-corrected chi connectivity index (χ3v) is 6.79. The third kappa shape index (κ3) is 3.45. The highest BCUT2D eigenvalue weighted by molar-refractivity contribution is 6.24. The van der Waals surface area contributed by atoms with Gasteiger partial charge in [-0.05, 0) is 45.0 Å². The van der Waals surface area contributed by atoms with Crippen molar-refractivity contribution in [1.82, 2.24) is 4.90 Å². The minimum Gasteiger partial charge on any atom is -0.508 e. The summed E-state index contributed by atoms with van der Waals surface area (Å²) in [6.07, 6.45) is -5.66. The number of phenolic OH excluding ortho intramolecular Hbond substituents is 1. The van der Waals surface area contributed by atoms with E-state index in [1.54, 1.807) is 0 Å². The highest BCUT2D eigenvalue weighted by Gasteiger charge is 2.64. The van der Waals surface area contributed by atoms with E-state index in [-0.39, 0.29) is 18.4 Å². The number of nitrogens with two attached hydrogens (primary N) is 1. The zero-order chi connectivity index (χ0) is 26.2. The van der Waals surface area contributed by atoms with Crippen molar-refractivity contribution in [2.24, 2.45) is 17.6 Å². The van der Waals surface area contributed by atoms with E-state index in [1.807, 2.05) is 0 Å². The average molecular weight is 498 g/mol. The Hall–Kier alpha value is -3.58. The Morgan fingerprint density at radius 2 is 1.83 bits per heavy atom. The van der Waals surface area contributed by atoms with Crippen LogP contribution in [0, 0.1) is 11.8 Å². The first kappa shape index (κ1) is 24.5. The highest BCUT2D eigenvalue weighted by atomic mass is 19.4. The third-order valence-electron chi connectivity index (χ3n) is 6.79. The molecule has 0 radical (unpaired) electrons. The van der Waals surface area contributed by atoms with Gasteiger partial charge in [0.05, 0.1) is 11.6 Å². The van der Waals surface area contributed by atoms with Crippen LogP contribution in [0.2, 0.25) is 0 Å². The van der Waals surface area contributed by atoms with E-state index in [4.69, 9.17) is 5.73 Å². The van der Waals surface area contributed by atoms with E-state index in [1.165, 1.54) is 19.0 Å². The molecule has 0 unspecified atom stereocenters. The number of ether oxygens (including phenoxy) is 1. The molecule has 0 aromatic heterocycles. The second kappa shape index (κ2) is 7.71. The number of amides is 1. The molecule has 10 nitrogen and oxygen atoms in total. The van der Waals surface area contributed by atoms with Crippen molar-refractivity contribution in [2.75, 3.05) is 14.1 Å². The van der Waals surface area contributed by atoms with Crippen molar-refractivity contribution in [2.45, 2.75) is 30.8 Å². The molecule has 1 aromatic carbocycles. The van der Waals surface area contributed by atoms with Gasteiger partial charge in [-0.3, -0.25) is 19.3 Å². The summed E-state index contributed by atoms with van der Waals surface area (Å²) in [6.45, 7) is 0. The number of alkyl halides is 3. The molecule has 6 N–H and O–H groups in total. The maximum Gasteiger partial charge on any atom is 0.573 e. The topological polar surface area (TPSA) is 171 Å². The SMILES string of the molecule is CN(C)[C@@H]1C(=O)C(C(N)=O)=C(O)[C@@]2(O)C(=O)C3=C(O)c4c(O)ccc(OC(F)(F)F)c4C[C@H]3C[C@@H]12. The average Bonchev–Trinajstić information content (AvgIpc) is 2.71. The molecule has 3 aliphatic rings. The molecule has 0 spiro atoms. The lowest BCUT2D eigenvalue weighted by Crippen LogP contribution is -2.65. The monoisotopic (exact) mass is 498 g/mol. The van der Waals surface area contributed by atoms with Crippen molar-refractivity contribution in [3.05, 3.63) is 40.2 Å². The number of aliphatic hydroxyl groups excluding tert-OH is 2. The van der Waals surface area contributed by atoms with Gasteiger partial charge in [-0.1, -0.05) is 0 Å². The Bertz CT molecular complexity index is 1240. The fraction of sp³-hybridized carbons (Fsp3) is 0.409. The lowest BCUT2D eigenvalue weighted by atomic mass is 9.57. The molecule has 3 aliphatic carbocycles. The van der Waals surface area contributed by atoms with Crippen molar-refractivity contribution in [3.8, 4) is 11.5 Å². The molecule has 0 heterocycles. The number of hydrogen-bond acceptors (Lipinski definition) is 9. The molecule has 4 rings (SSSR count). The fourth-order valence-corrected chi connectivity index (χ4v) is 5.44. The first-order valence-electron chi connectivity index (χ1n) is 10.4. The number of hydrogen-bond donors (Lipinski definition) is 5. The van der Waals surface area contributed by atoms with E-state index in [2.05, 4.69) is 4.74 Å². The van der Waals surface area contributed by atoms with Gasteiger partial charge >= 0.3 is 6.36 Å². The van der Waals surface area contributed by atoms with Gasteiger partial charge < -0.3 is 30.9 Å². The summed E-state index contributed by atoms with van der Waals surface area (Å²) in [5.74, 6) is -9.46. The molecule has 188 valence electrons. The summed E-state index contributed by atoms with van der Waals surface area (Å²) < 4.78 is 42.9. The number of primary amides is 1. The zero-order valence-electron chi connectivity index (χ0n) is 18.4. The van der Waals surface area contributed by atoms with Crippen LogP contribution in [-0.2, 0) is 20.8 Å². The minimum absolute atomic E-state index is 0.229. The number of carbonyl (C=O) groups is 3. The Kier molecular flexibility index (Phi) is 5.41. The fourth-order valence-electron chi connectivity index (χ4n) is 5.44. The first-order valence-corrected chi connectivity index (χ1v) is 10.4. The highest BCUT2D eigenvalue weighted by Crippen LogP contribution is 2.53. The molecule has 0 saturated heterocycles. The smallest absolute Gasteiger partial charge is 0.508 e. The molecule has 4 atom stereocenters. The van der Waals surface area contributed by atoms with E-state index in [9.17, 15) is 48.0 Å². The quantitative estimate of drug-likeness (QED) is 0.379. The van der Waals surface area contributed by atoms with Gasteiger partial charge in [0.15, 0.2) is 11.4 Å². The predicted molar refractivity (Wildman–Crippen MR) is 111 cm³/mol. The van der Waals surface area contributed by atoms with Gasteiger partial charge in [0, 0.05) is 17.1 Å². The number of nitrogens with zero attached hydrogens (tertiary/aromatic N) is 1. The van der Waals surface area contributed by atoms with Gasteiger partial charge in [0.1, 0.15) is 28.6 Å². The van der Waals surface area contributed by atoms with Gasteiger partial charge in [-0.25, -0.2) is 0 Å². The zero-order valence-corrected chi connectivity index (χ0v) is 18.4. The van der Waals surface area contributed by atoms with Gasteiger partial charge in [0.25, 0.3) is 5.91 Å². The summed E-state index contributed by atoms with van der Waals surface area (Å²) in [6, 6.07) is 0.398. The van der Waals surface area contributed by atoms with Crippen molar-refractivity contribution in [1.29, 1.82) is 0 Å². The van der Waals surface area contributed by atoms with Crippen LogP contribution in [0.1, 0.15) is 17.5 Å². The number of halogens is 3. The molecular formula is C22H21F3N2O8. The number of carbonyl (C=O) groups excluding carboxylic acids is 3. The number of aliphatic hydroxyl groups is 3. The van der Waals surface area contributed by atoms with Crippen LogP contribution in [0.15, 0.2) is 29.0 Å². The molecule has 13 heteroatoms. The van der Waals surface area contributed by atoms with Crippen LogP contribution in [0.4, 0.5) is 13.2 Å². The number of ketones is 2. The summed E-state index contributed by atoms with van der Waals surface area (Å²) in [5.41, 5.74) is 0.230. The van der Waals surface area contributed by atoms with Crippen LogP contribution >= 0.6 is 0 Å². The number of benzene rings is 1. The van der Waals surface area contributed by atoms with Gasteiger partial charge in [-0.2, -0.15) is 0 Å². The van der Waals surface area contributed by atoms with Crippen LogP contribution in [0.5, 0.6) is 11.5 Å². The maximum atomic E-state index is 13.6. The first-order chi connectivity index (χ1) is 16.1.